The zero-order valence-electron chi connectivity index (χ0n) is 12.1. The Labute approximate surface area is 121 Å². The minimum absolute atomic E-state index is 0. The van der Waals surface area contributed by atoms with Gasteiger partial charge in [-0.25, -0.2) is 0 Å². The Balaban J connectivity index is 0. The van der Waals surface area contributed by atoms with Gasteiger partial charge in [-0.2, -0.15) is 0 Å². The third-order valence-corrected chi connectivity index (χ3v) is 4.38. The van der Waals surface area contributed by atoms with E-state index in [1.165, 1.54) is 25.7 Å². The van der Waals surface area contributed by atoms with Crippen molar-refractivity contribution in [2.45, 2.75) is 87.2 Å². The molecule has 0 amide bonds. The van der Waals surface area contributed by atoms with Gasteiger partial charge in [-0.3, -0.25) is 4.79 Å². The van der Waals surface area contributed by atoms with Gasteiger partial charge in [0.25, 0.3) is 0 Å². The quantitative estimate of drug-likeness (QED) is 0.636. The summed E-state index contributed by atoms with van der Waals surface area (Å²) in [6.45, 7) is 10.4. The lowest BCUT2D eigenvalue weighted by Crippen LogP contribution is -2.39. The Kier molecular flexibility index (Phi) is 9.41. The Hall–Kier alpha value is -0.530. The van der Waals surface area contributed by atoms with Crippen molar-refractivity contribution in [3.8, 4) is 0 Å². The van der Waals surface area contributed by atoms with Gasteiger partial charge >= 0.3 is 5.97 Å². The summed E-state index contributed by atoms with van der Waals surface area (Å²) in [5.74, 6) is 1.37. The molecule has 0 spiro atoms. The van der Waals surface area contributed by atoms with E-state index in [-0.39, 0.29) is 32.3 Å². The molecule has 0 aromatic carbocycles. The zero-order chi connectivity index (χ0) is 13.1. The Morgan fingerprint density at radius 3 is 2.11 bits per heavy atom. The molecule has 19 heavy (non-hydrogen) atoms. The largest absolute Gasteiger partial charge is 0.459 e. The predicted molar refractivity (Wildman–Crippen MR) is 84.2 cm³/mol. The van der Waals surface area contributed by atoms with E-state index in [1.54, 1.807) is 0 Å². The molecule has 116 valence electrons. The smallest absolute Gasteiger partial charge is 0.309 e. The summed E-state index contributed by atoms with van der Waals surface area (Å²) in [5, 5.41) is 0. The molecule has 0 bridgehead atoms. The molecule has 1 fully saturated rings. The molecular formula is C17H36O2. The lowest BCUT2D eigenvalue weighted by Gasteiger charge is -2.38. The van der Waals surface area contributed by atoms with Crippen LogP contribution in [0.2, 0.25) is 0 Å². The Bertz CT molecular complexity index is 250. The van der Waals surface area contributed by atoms with Crippen molar-refractivity contribution in [3.05, 3.63) is 0 Å². The molecule has 0 radical (unpaired) electrons. The molecule has 1 aliphatic rings. The third kappa shape index (κ3) is 5.97. The van der Waals surface area contributed by atoms with E-state index in [0.29, 0.717) is 5.92 Å². The summed E-state index contributed by atoms with van der Waals surface area (Å²) in [6.07, 6.45) is 5.80. The van der Waals surface area contributed by atoms with Gasteiger partial charge in [-0.05, 0) is 44.9 Å². The van der Waals surface area contributed by atoms with Crippen molar-refractivity contribution in [2.75, 3.05) is 0 Å². The maximum absolute atomic E-state index is 11.9. The van der Waals surface area contributed by atoms with Gasteiger partial charge in [0.1, 0.15) is 5.60 Å². The lowest BCUT2D eigenvalue weighted by molar-refractivity contribution is -0.167. The standard InChI is InChI=1S/C15H28O2.2CH4/c1-6-12(3)14(16)17-15(4,5)13-9-7-11(2)8-10-13;;/h11-13H,6-10H2,1-5H3;2*1H4. The molecule has 2 heteroatoms. The van der Waals surface area contributed by atoms with E-state index < -0.39 is 0 Å². The topological polar surface area (TPSA) is 26.3 Å². The molecule has 1 unspecified atom stereocenters. The summed E-state index contributed by atoms with van der Waals surface area (Å²) in [5.41, 5.74) is -0.291. The monoisotopic (exact) mass is 272 g/mol. The van der Waals surface area contributed by atoms with E-state index in [1.807, 2.05) is 13.8 Å². The lowest BCUT2D eigenvalue weighted by atomic mass is 9.75. The minimum Gasteiger partial charge on any atom is -0.459 e. The van der Waals surface area contributed by atoms with Crippen LogP contribution < -0.4 is 0 Å². The summed E-state index contributed by atoms with van der Waals surface area (Å²) < 4.78 is 5.73. The summed E-state index contributed by atoms with van der Waals surface area (Å²) in [7, 11) is 0. The van der Waals surface area contributed by atoms with Gasteiger partial charge in [0, 0.05) is 0 Å². The van der Waals surface area contributed by atoms with Gasteiger partial charge in [-0.1, -0.05) is 48.5 Å². The van der Waals surface area contributed by atoms with Crippen LogP contribution >= 0.6 is 0 Å². The highest BCUT2D eigenvalue weighted by molar-refractivity contribution is 5.72. The first-order chi connectivity index (χ1) is 7.86. The van der Waals surface area contributed by atoms with Crippen LogP contribution in [0.25, 0.3) is 0 Å². The van der Waals surface area contributed by atoms with Crippen LogP contribution in [-0.4, -0.2) is 11.6 Å². The highest BCUT2D eigenvalue weighted by atomic mass is 16.6. The highest BCUT2D eigenvalue weighted by Gasteiger charge is 2.36. The van der Waals surface area contributed by atoms with Gasteiger partial charge in [0.15, 0.2) is 0 Å². The molecule has 0 N–H and O–H groups in total. The van der Waals surface area contributed by atoms with Crippen LogP contribution in [0.5, 0.6) is 0 Å². The average Bonchev–Trinajstić information content (AvgIpc) is 2.27. The molecule has 1 aliphatic carbocycles. The maximum atomic E-state index is 11.9. The predicted octanol–water partition coefficient (Wildman–Crippen LogP) is 5.45. The van der Waals surface area contributed by atoms with Crippen molar-refractivity contribution in [1.29, 1.82) is 0 Å². The fourth-order valence-electron chi connectivity index (χ4n) is 2.57. The van der Waals surface area contributed by atoms with Crippen LogP contribution in [0.4, 0.5) is 0 Å². The summed E-state index contributed by atoms with van der Waals surface area (Å²) >= 11 is 0. The van der Waals surface area contributed by atoms with E-state index in [2.05, 4.69) is 20.8 Å². The molecule has 1 rings (SSSR count). The average molecular weight is 272 g/mol. The number of carbonyl (C=O) groups excluding carboxylic acids is 1. The Morgan fingerprint density at radius 1 is 1.21 bits per heavy atom. The van der Waals surface area contributed by atoms with Crippen molar-refractivity contribution >= 4 is 5.97 Å². The van der Waals surface area contributed by atoms with Crippen molar-refractivity contribution < 1.29 is 9.53 Å². The molecule has 1 saturated carbocycles. The van der Waals surface area contributed by atoms with E-state index in [9.17, 15) is 4.79 Å². The zero-order valence-corrected chi connectivity index (χ0v) is 12.1. The maximum Gasteiger partial charge on any atom is 0.309 e. The minimum atomic E-state index is -0.291. The van der Waals surface area contributed by atoms with Crippen LogP contribution in [0.15, 0.2) is 0 Å². The first-order valence-corrected chi connectivity index (χ1v) is 7.09. The molecule has 2 nitrogen and oxygen atoms in total. The number of hydrogen-bond donors (Lipinski definition) is 0. The van der Waals surface area contributed by atoms with Gasteiger partial charge < -0.3 is 4.74 Å². The molecule has 0 heterocycles. The molecule has 0 aliphatic heterocycles. The number of hydrogen-bond acceptors (Lipinski definition) is 2. The molecular weight excluding hydrogens is 236 g/mol. The second-order valence-electron chi connectivity index (χ2n) is 6.29. The molecule has 0 aromatic heterocycles. The summed E-state index contributed by atoms with van der Waals surface area (Å²) in [4.78, 5) is 11.9. The van der Waals surface area contributed by atoms with Crippen LogP contribution in [-0.2, 0) is 9.53 Å². The van der Waals surface area contributed by atoms with Crippen molar-refractivity contribution in [2.24, 2.45) is 17.8 Å². The Morgan fingerprint density at radius 2 is 1.68 bits per heavy atom. The first kappa shape index (κ1) is 20.8. The molecule has 0 saturated heterocycles. The second-order valence-corrected chi connectivity index (χ2v) is 6.29. The normalized spacial score (nSPS) is 24.7. The fourth-order valence-corrected chi connectivity index (χ4v) is 2.57. The fraction of sp³-hybridized carbons (Fsp3) is 0.941. The number of esters is 1. The summed E-state index contributed by atoms with van der Waals surface area (Å²) in [6, 6.07) is 0. The van der Waals surface area contributed by atoms with Crippen LogP contribution in [0, 0.1) is 17.8 Å². The van der Waals surface area contributed by atoms with E-state index in [4.69, 9.17) is 4.74 Å². The molecule has 0 aromatic rings. The highest BCUT2D eigenvalue weighted by Crippen LogP contribution is 2.37. The van der Waals surface area contributed by atoms with Crippen molar-refractivity contribution in [3.63, 3.8) is 0 Å². The number of rotatable bonds is 4. The van der Waals surface area contributed by atoms with Gasteiger partial charge in [0.05, 0.1) is 5.92 Å². The van der Waals surface area contributed by atoms with Crippen LogP contribution in [0.3, 0.4) is 0 Å². The van der Waals surface area contributed by atoms with Crippen molar-refractivity contribution in [1.82, 2.24) is 0 Å². The molecule has 1 atom stereocenters. The van der Waals surface area contributed by atoms with Gasteiger partial charge in [0.2, 0.25) is 0 Å². The second kappa shape index (κ2) is 8.60. The third-order valence-electron chi connectivity index (χ3n) is 4.38. The van der Waals surface area contributed by atoms with Crippen LogP contribution in [0.1, 0.15) is 81.6 Å². The van der Waals surface area contributed by atoms with Gasteiger partial charge in [-0.15, -0.1) is 0 Å². The van der Waals surface area contributed by atoms with E-state index >= 15 is 0 Å². The first-order valence-electron chi connectivity index (χ1n) is 7.09. The number of ether oxygens (including phenoxy) is 1. The van der Waals surface area contributed by atoms with E-state index in [0.717, 1.165) is 12.3 Å². The number of carbonyl (C=O) groups is 1. The SMILES string of the molecule is C.C.CCC(C)C(=O)OC(C)(C)C1CCC(C)CC1.